The summed E-state index contributed by atoms with van der Waals surface area (Å²) in [5.74, 6) is 0.181. The van der Waals surface area contributed by atoms with Crippen LogP contribution in [0.15, 0.2) is 18.2 Å². The minimum absolute atomic E-state index is 0.181. The quantitative estimate of drug-likeness (QED) is 0.840. The van der Waals surface area contributed by atoms with Crippen molar-refractivity contribution in [3.8, 4) is 0 Å². The lowest BCUT2D eigenvalue weighted by Crippen LogP contribution is -2.47. The van der Waals surface area contributed by atoms with Gasteiger partial charge < -0.3 is 9.64 Å². The number of aryl methyl sites for hydroxylation is 1. The second-order valence-electron chi connectivity index (χ2n) is 5.84. The molecular weight excluding hydrogens is 252 g/mol. The topological polar surface area (TPSA) is 32.8 Å². The van der Waals surface area contributed by atoms with E-state index in [1.165, 1.54) is 11.1 Å². The van der Waals surface area contributed by atoms with E-state index in [1.54, 1.807) is 0 Å². The molecule has 0 N–H and O–H groups in total. The van der Waals surface area contributed by atoms with E-state index in [0.717, 1.165) is 45.0 Å². The number of hydrogen-bond acceptors (Lipinski definition) is 3. The maximum atomic E-state index is 12.4. The van der Waals surface area contributed by atoms with E-state index in [-0.39, 0.29) is 5.91 Å². The third kappa shape index (κ3) is 2.58. The van der Waals surface area contributed by atoms with Crippen molar-refractivity contribution in [3.05, 3.63) is 34.9 Å². The van der Waals surface area contributed by atoms with Gasteiger partial charge in [0.25, 0.3) is 5.91 Å². The highest BCUT2D eigenvalue weighted by atomic mass is 16.5. The third-order valence-electron chi connectivity index (χ3n) is 4.29. The van der Waals surface area contributed by atoms with Crippen molar-refractivity contribution in [1.82, 2.24) is 9.80 Å². The Bertz CT molecular complexity index is 509. The van der Waals surface area contributed by atoms with Crippen LogP contribution in [0.1, 0.15) is 28.4 Å². The fraction of sp³-hybridized carbons (Fsp3) is 0.562. The fourth-order valence-electron chi connectivity index (χ4n) is 3.11. The van der Waals surface area contributed by atoms with Gasteiger partial charge in [-0.25, -0.2) is 0 Å². The van der Waals surface area contributed by atoms with Crippen molar-refractivity contribution in [3.63, 3.8) is 0 Å². The van der Waals surface area contributed by atoms with Gasteiger partial charge in [0, 0.05) is 37.8 Å². The van der Waals surface area contributed by atoms with Crippen molar-refractivity contribution < 1.29 is 9.53 Å². The van der Waals surface area contributed by atoms with Crippen LogP contribution >= 0.6 is 0 Å². The number of fused-ring (bicyclic) bond motifs is 1. The van der Waals surface area contributed by atoms with Crippen LogP contribution in [0.4, 0.5) is 0 Å². The number of carbonyl (C=O) groups is 1. The van der Waals surface area contributed by atoms with Crippen LogP contribution in [-0.4, -0.2) is 54.6 Å². The van der Waals surface area contributed by atoms with Crippen molar-refractivity contribution in [1.29, 1.82) is 0 Å². The molecule has 2 aliphatic heterocycles. The zero-order valence-corrected chi connectivity index (χ0v) is 12.3. The summed E-state index contributed by atoms with van der Waals surface area (Å²) in [6.45, 7) is 9.37. The molecule has 0 saturated carbocycles. The normalized spacial score (nSPS) is 21.1. The molecule has 4 nitrogen and oxygen atoms in total. The standard InChI is InChI=1S/C16H22N2O2/c1-12-3-4-15-14(9-12)11-18(16(15)19)10-13(2)17-5-7-20-8-6-17/h3-4,9,13H,5-8,10-11H2,1-2H3. The molecule has 1 saturated heterocycles. The molecule has 0 bridgehead atoms. The monoisotopic (exact) mass is 274 g/mol. The lowest BCUT2D eigenvalue weighted by Gasteiger charge is -2.34. The molecule has 1 amide bonds. The summed E-state index contributed by atoms with van der Waals surface area (Å²) >= 11 is 0. The van der Waals surface area contributed by atoms with Crippen LogP contribution in [-0.2, 0) is 11.3 Å². The Kier molecular flexibility index (Phi) is 3.76. The van der Waals surface area contributed by atoms with Crippen molar-refractivity contribution in [2.75, 3.05) is 32.8 Å². The maximum Gasteiger partial charge on any atom is 0.254 e. The van der Waals surface area contributed by atoms with Gasteiger partial charge in [-0.2, -0.15) is 0 Å². The van der Waals surface area contributed by atoms with Gasteiger partial charge in [-0.05, 0) is 25.5 Å². The lowest BCUT2D eigenvalue weighted by molar-refractivity contribution is 0.0128. The molecule has 20 heavy (non-hydrogen) atoms. The summed E-state index contributed by atoms with van der Waals surface area (Å²) in [5, 5.41) is 0. The van der Waals surface area contributed by atoms with Crippen LogP contribution < -0.4 is 0 Å². The van der Waals surface area contributed by atoms with E-state index in [1.807, 2.05) is 17.0 Å². The SMILES string of the molecule is Cc1ccc2c(c1)CN(CC(C)N1CCOCC1)C2=O. The van der Waals surface area contributed by atoms with Crippen molar-refractivity contribution >= 4 is 5.91 Å². The second-order valence-corrected chi connectivity index (χ2v) is 5.84. The van der Waals surface area contributed by atoms with Gasteiger partial charge in [0.05, 0.1) is 13.2 Å². The summed E-state index contributed by atoms with van der Waals surface area (Å²) in [6.07, 6.45) is 0. The lowest BCUT2D eigenvalue weighted by atomic mass is 10.1. The molecule has 0 aromatic heterocycles. The van der Waals surface area contributed by atoms with Crippen LogP contribution in [0.5, 0.6) is 0 Å². The van der Waals surface area contributed by atoms with E-state index in [2.05, 4.69) is 24.8 Å². The van der Waals surface area contributed by atoms with Gasteiger partial charge in [-0.15, -0.1) is 0 Å². The minimum atomic E-state index is 0.181. The first kappa shape index (κ1) is 13.6. The van der Waals surface area contributed by atoms with Gasteiger partial charge >= 0.3 is 0 Å². The van der Waals surface area contributed by atoms with E-state index in [4.69, 9.17) is 4.74 Å². The average molecular weight is 274 g/mol. The number of morpholine rings is 1. The number of ether oxygens (including phenoxy) is 1. The maximum absolute atomic E-state index is 12.4. The molecule has 4 heteroatoms. The van der Waals surface area contributed by atoms with E-state index in [0.29, 0.717) is 6.04 Å². The molecule has 3 rings (SSSR count). The number of benzene rings is 1. The first-order chi connectivity index (χ1) is 9.65. The Morgan fingerprint density at radius 1 is 1.30 bits per heavy atom. The highest BCUT2D eigenvalue weighted by Gasteiger charge is 2.29. The smallest absolute Gasteiger partial charge is 0.254 e. The molecular formula is C16H22N2O2. The summed E-state index contributed by atoms with van der Waals surface area (Å²) in [7, 11) is 0. The zero-order chi connectivity index (χ0) is 14.1. The van der Waals surface area contributed by atoms with E-state index >= 15 is 0 Å². The predicted octanol–water partition coefficient (Wildman–Crippen LogP) is 1.67. The van der Waals surface area contributed by atoms with Gasteiger partial charge in [0.15, 0.2) is 0 Å². The second kappa shape index (κ2) is 5.54. The van der Waals surface area contributed by atoms with Crippen molar-refractivity contribution in [2.24, 2.45) is 0 Å². The summed E-state index contributed by atoms with van der Waals surface area (Å²) < 4.78 is 5.38. The molecule has 108 valence electrons. The first-order valence-corrected chi connectivity index (χ1v) is 7.36. The Morgan fingerprint density at radius 2 is 2.05 bits per heavy atom. The average Bonchev–Trinajstić information content (AvgIpc) is 2.75. The summed E-state index contributed by atoms with van der Waals surface area (Å²) in [5.41, 5.74) is 3.27. The summed E-state index contributed by atoms with van der Waals surface area (Å²) in [4.78, 5) is 16.8. The van der Waals surface area contributed by atoms with Gasteiger partial charge in [-0.3, -0.25) is 9.69 Å². The molecule has 1 aromatic carbocycles. The highest BCUT2D eigenvalue weighted by Crippen LogP contribution is 2.24. The van der Waals surface area contributed by atoms with Crippen molar-refractivity contribution in [2.45, 2.75) is 26.4 Å². The molecule has 2 heterocycles. The Balaban J connectivity index is 1.66. The minimum Gasteiger partial charge on any atom is -0.379 e. The van der Waals surface area contributed by atoms with Crippen LogP contribution in [0.3, 0.4) is 0 Å². The zero-order valence-electron chi connectivity index (χ0n) is 12.3. The number of carbonyl (C=O) groups excluding carboxylic acids is 1. The Labute approximate surface area is 120 Å². The van der Waals surface area contributed by atoms with Crippen LogP contribution in [0.2, 0.25) is 0 Å². The van der Waals surface area contributed by atoms with E-state index < -0.39 is 0 Å². The third-order valence-corrected chi connectivity index (χ3v) is 4.29. The number of hydrogen-bond donors (Lipinski definition) is 0. The number of rotatable bonds is 3. The van der Waals surface area contributed by atoms with Gasteiger partial charge in [-0.1, -0.05) is 17.7 Å². The molecule has 2 aliphatic rings. The molecule has 0 aliphatic carbocycles. The molecule has 0 radical (unpaired) electrons. The molecule has 1 aromatic rings. The number of nitrogens with zero attached hydrogens (tertiary/aromatic N) is 2. The molecule has 0 spiro atoms. The van der Waals surface area contributed by atoms with Crippen LogP contribution in [0.25, 0.3) is 0 Å². The summed E-state index contributed by atoms with van der Waals surface area (Å²) in [6, 6.07) is 6.50. The van der Waals surface area contributed by atoms with Crippen LogP contribution in [0, 0.1) is 6.92 Å². The molecule has 1 fully saturated rings. The van der Waals surface area contributed by atoms with Gasteiger partial charge in [0.2, 0.25) is 0 Å². The van der Waals surface area contributed by atoms with E-state index in [9.17, 15) is 4.79 Å². The highest BCUT2D eigenvalue weighted by molar-refractivity contribution is 5.98. The Morgan fingerprint density at radius 3 is 2.80 bits per heavy atom. The number of amides is 1. The molecule has 1 unspecified atom stereocenters. The largest absolute Gasteiger partial charge is 0.379 e. The Hall–Kier alpha value is -1.39. The first-order valence-electron chi connectivity index (χ1n) is 7.36. The predicted molar refractivity (Wildman–Crippen MR) is 77.8 cm³/mol. The van der Waals surface area contributed by atoms with Gasteiger partial charge in [0.1, 0.15) is 0 Å². The molecule has 1 atom stereocenters. The fourth-order valence-corrected chi connectivity index (χ4v) is 3.11.